The van der Waals surface area contributed by atoms with E-state index in [4.69, 9.17) is 11.6 Å². The molecule has 0 aliphatic carbocycles. The van der Waals surface area contributed by atoms with Gasteiger partial charge < -0.3 is 0 Å². The highest BCUT2D eigenvalue weighted by atomic mass is 35.5. The molecule has 6 nitrogen and oxygen atoms in total. The number of amides is 1. The van der Waals surface area contributed by atoms with E-state index < -0.39 is 10.0 Å². The number of halogens is 1. The first-order valence-electron chi connectivity index (χ1n) is 9.08. The molecule has 30 heavy (non-hydrogen) atoms. The highest BCUT2D eigenvalue weighted by Gasteiger charge is 2.34. The third kappa shape index (κ3) is 4.56. The summed E-state index contributed by atoms with van der Waals surface area (Å²) in [5, 5.41) is 8.65. The average molecular weight is 460 g/mol. The summed E-state index contributed by atoms with van der Waals surface area (Å²) >= 11 is 7.52. The van der Waals surface area contributed by atoms with Gasteiger partial charge in [0.1, 0.15) is 0 Å². The topological polar surface area (TPSA) is 78.8 Å². The van der Waals surface area contributed by atoms with Gasteiger partial charge in [-0.15, -0.1) is 11.3 Å². The van der Waals surface area contributed by atoms with Gasteiger partial charge in [-0.25, -0.2) is 13.4 Å². The fraction of sp³-hybridized carbons (Fsp3) is 0.143. The summed E-state index contributed by atoms with van der Waals surface area (Å²) in [5.74, 6) is -0.217. The molecule has 1 unspecified atom stereocenters. The van der Waals surface area contributed by atoms with Crippen LogP contribution in [0.3, 0.4) is 0 Å². The molecule has 1 aliphatic heterocycles. The molecule has 1 N–H and O–H groups in total. The molecule has 3 aromatic rings. The Morgan fingerprint density at radius 2 is 1.93 bits per heavy atom. The average Bonchev–Trinajstić information content (AvgIpc) is 3.37. The smallest absolute Gasteiger partial charge is 0.274 e. The summed E-state index contributed by atoms with van der Waals surface area (Å²) in [5.41, 5.74) is 2.43. The Balaban J connectivity index is 1.69. The number of hydrogen-bond donors (Lipinski definition) is 1. The van der Waals surface area contributed by atoms with Crippen LogP contribution in [0.4, 0.5) is 5.69 Å². The molecule has 1 amide bonds. The first-order chi connectivity index (χ1) is 14.3. The Kier molecular flexibility index (Phi) is 5.64. The lowest BCUT2D eigenvalue weighted by Gasteiger charge is -2.20. The van der Waals surface area contributed by atoms with Crippen molar-refractivity contribution in [3.8, 4) is 0 Å². The number of nitrogens with one attached hydrogen (secondary N) is 1. The summed E-state index contributed by atoms with van der Waals surface area (Å²) < 4.78 is 25.6. The third-order valence-electron chi connectivity index (χ3n) is 4.58. The molecular weight excluding hydrogens is 442 g/mol. The van der Waals surface area contributed by atoms with E-state index in [1.54, 1.807) is 53.8 Å². The van der Waals surface area contributed by atoms with Crippen LogP contribution < -0.4 is 4.72 Å². The zero-order valence-corrected chi connectivity index (χ0v) is 18.3. The summed E-state index contributed by atoms with van der Waals surface area (Å²) in [6.07, 6.45) is 1.63. The Bertz CT molecular complexity index is 1210. The molecular formula is C21H18ClN3O3S2. The Morgan fingerprint density at radius 1 is 1.17 bits per heavy atom. The van der Waals surface area contributed by atoms with Crippen LogP contribution in [0.25, 0.3) is 0 Å². The largest absolute Gasteiger partial charge is 0.284 e. The standard InChI is InChI=1S/C21H18ClN3O3S2/c1-30(27,28)24-17-5-2-4-15(12-17)18-13-19(20-6-3-11-29-20)25(23-18)21(26)14-7-9-16(22)10-8-14/h2-12,19,24H,13H2,1H3. The molecule has 4 rings (SSSR count). The SMILES string of the molecule is CS(=O)(=O)Nc1cccc(C2=NN(C(=O)c3ccc(Cl)cc3)C(c3cccs3)C2)c1. The number of rotatable bonds is 5. The lowest BCUT2D eigenvalue weighted by Crippen LogP contribution is -2.26. The minimum Gasteiger partial charge on any atom is -0.284 e. The lowest BCUT2D eigenvalue weighted by molar-refractivity contribution is 0.0714. The van der Waals surface area contributed by atoms with E-state index in [2.05, 4.69) is 9.82 Å². The van der Waals surface area contributed by atoms with E-state index in [0.717, 1.165) is 16.7 Å². The van der Waals surface area contributed by atoms with Crippen molar-refractivity contribution in [2.45, 2.75) is 12.5 Å². The molecule has 2 aromatic carbocycles. The molecule has 1 aromatic heterocycles. The van der Waals surface area contributed by atoms with Crippen LogP contribution >= 0.6 is 22.9 Å². The number of thiophene rings is 1. The highest BCUT2D eigenvalue weighted by molar-refractivity contribution is 7.92. The highest BCUT2D eigenvalue weighted by Crippen LogP contribution is 2.36. The number of hydrogen-bond acceptors (Lipinski definition) is 5. The Hall–Kier alpha value is -2.68. The van der Waals surface area contributed by atoms with Crippen LogP contribution in [-0.4, -0.2) is 31.3 Å². The molecule has 0 saturated carbocycles. The monoisotopic (exact) mass is 459 g/mol. The second kappa shape index (κ2) is 8.22. The van der Waals surface area contributed by atoms with Gasteiger partial charge in [-0.1, -0.05) is 29.8 Å². The van der Waals surface area contributed by atoms with Gasteiger partial charge in [-0.2, -0.15) is 5.10 Å². The predicted octanol–water partition coefficient (Wildman–Crippen LogP) is 4.76. The van der Waals surface area contributed by atoms with Crippen LogP contribution in [-0.2, 0) is 10.0 Å². The maximum Gasteiger partial charge on any atom is 0.274 e. The number of hydrazone groups is 1. The first kappa shape index (κ1) is 20.6. The molecule has 1 aliphatic rings. The predicted molar refractivity (Wildman–Crippen MR) is 121 cm³/mol. The number of nitrogens with zero attached hydrogens (tertiary/aromatic N) is 2. The number of benzene rings is 2. The fourth-order valence-electron chi connectivity index (χ4n) is 3.28. The van der Waals surface area contributed by atoms with Gasteiger partial charge in [0.05, 0.1) is 18.0 Å². The van der Waals surface area contributed by atoms with Crippen molar-refractivity contribution in [2.75, 3.05) is 11.0 Å². The van der Waals surface area contributed by atoms with Gasteiger partial charge in [-0.05, 0) is 53.4 Å². The number of carbonyl (C=O) groups is 1. The fourth-order valence-corrected chi connectivity index (χ4v) is 4.77. The molecule has 0 bridgehead atoms. The van der Waals surface area contributed by atoms with Gasteiger partial charge in [-0.3, -0.25) is 9.52 Å². The van der Waals surface area contributed by atoms with E-state index in [0.29, 0.717) is 28.4 Å². The van der Waals surface area contributed by atoms with E-state index >= 15 is 0 Å². The first-order valence-corrected chi connectivity index (χ1v) is 12.2. The summed E-state index contributed by atoms with van der Waals surface area (Å²) in [7, 11) is -3.39. The zero-order valence-electron chi connectivity index (χ0n) is 15.9. The van der Waals surface area contributed by atoms with Gasteiger partial charge in [0.2, 0.25) is 10.0 Å². The van der Waals surface area contributed by atoms with Gasteiger partial charge in [0, 0.05) is 27.6 Å². The van der Waals surface area contributed by atoms with Crippen molar-refractivity contribution in [2.24, 2.45) is 5.10 Å². The maximum absolute atomic E-state index is 13.2. The zero-order chi connectivity index (χ0) is 21.3. The van der Waals surface area contributed by atoms with E-state index in [-0.39, 0.29) is 11.9 Å². The van der Waals surface area contributed by atoms with Crippen molar-refractivity contribution in [1.82, 2.24) is 5.01 Å². The molecule has 0 fully saturated rings. The molecule has 0 saturated heterocycles. The van der Waals surface area contributed by atoms with Crippen LogP contribution in [0.1, 0.15) is 33.3 Å². The number of anilines is 1. The van der Waals surface area contributed by atoms with Gasteiger partial charge >= 0.3 is 0 Å². The third-order valence-corrected chi connectivity index (χ3v) is 6.41. The number of carbonyl (C=O) groups excluding carboxylic acids is 1. The Labute approximate surface area is 183 Å². The van der Waals surface area contributed by atoms with Crippen LogP contribution in [0.2, 0.25) is 5.02 Å². The second-order valence-corrected chi connectivity index (χ2v) is 10.1. The number of sulfonamides is 1. The lowest BCUT2D eigenvalue weighted by atomic mass is 10.0. The molecule has 2 heterocycles. The van der Waals surface area contributed by atoms with Crippen LogP contribution in [0.15, 0.2) is 71.1 Å². The molecule has 1 atom stereocenters. The van der Waals surface area contributed by atoms with E-state index in [9.17, 15) is 13.2 Å². The minimum atomic E-state index is -3.39. The summed E-state index contributed by atoms with van der Waals surface area (Å²) in [6.45, 7) is 0. The van der Waals surface area contributed by atoms with Crippen molar-refractivity contribution < 1.29 is 13.2 Å². The quantitative estimate of drug-likeness (QED) is 0.597. The molecule has 0 radical (unpaired) electrons. The molecule has 0 spiro atoms. The normalized spacial score (nSPS) is 16.4. The van der Waals surface area contributed by atoms with Gasteiger partial charge in [0.25, 0.3) is 5.91 Å². The van der Waals surface area contributed by atoms with Crippen molar-refractivity contribution in [1.29, 1.82) is 0 Å². The summed E-state index contributed by atoms with van der Waals surface area (Å²) in [6, 6.07) is 17.4. The van der Waals surface area contributed by atoms with Crippen LogP contribution in [0, 0.1) is 0 Å². The summed E-state index contributed by atoms with van der Waals surface area (Å²) in [4.78, 5) is 14.2. The Morgan fingerprint density at radius 3 is 2.60 bits per heavy atom. The van der Waals surface area contributed by atoms with Crippen molar-refractivity contribution in [3.05, 3.63) is 87.1 Å². The van der Waals surface area contributed by atoms with E-state index in [1.165, 1.54) is 5.01 Å². The minimum absolute atomic E-state index is 0.217. The molecule has 154 valence electrons. The van der Waals surface area contributed by atoms with E-state index in [1.807, 2.05) is 23.6 Å². The molecule has 9 heteroatoms. The second-order valence-electron chi connectivity index (χ2n) is 6.89. The maximum atomic E-state index is 13.2. The van der Waals surface area contributed by atoms with Crippen molar-refractivity contribution >= 4 is 50.3 Å². The van der Waals surface area contributed by atoms with Crippen molar-refractivity contribution in [3.63, 3.8) is 0 Å². The van der Waals surface area contributed by atoms with Gasteiger partial charge in [0.15, 0.2) is 0 Å². The van der Waals surface area contributed by atoms with Crippen LogP contribution in [0.5, 0.6) is 0 Å².